The fourth-order valence-corrected chi connectivity index (χ4v) is 1.56. The average Bonchev–Trinajstić information content (AvgIpc) is 2.26. The summed E-state index contributed by atoms with van der Waals surface area (Å²) in [5.74, 6) is -1.23. The van der Waals surface area contributed by atoms with E-state index in [0.717, 1.165) is 11.1 Å². The van der Waals surface area contributed by atoms with Gasteiger partial charge >= 0.3 is 5.97 Å². The van der Waals surface area contributed by atoms with Crippen molar-refractivity contribution in [2.75, 3.05) is 7.05 Å². The van der Waals surface area contributed by atoms with Crippen LogP contribution in [0.15, 0.2) is 24.3 Å². The van der Waals surface area contributed by atoms with Crippen LogP contribution in [0.1, 0.15) is 18.1 Å². The molecule has 1 rings (SSSR count). The Morgan fingerprint density at radius 1 is 1.29 bits per heavy atom. The maximum Gasteiger partial charge on any atom is 0.326 e. The van der Waals surface area contributed by atoms with Crippen LogP contribution in [0.25, 0.3) is 0 Å². The average molecular weight is 235 g/mol. The number of carbonyl (C=O) groups excluding carboxylic acids is 1. The van der Waals surface area contributed by atoms with Crippen LogP contribution in [0.4, 0.5) is 0 Å². The number of carbonyl (C=O) groups is 2. The van der Waals surface area contributed by atoms with Crippen LogP contribution in [-0.2, 0) is 16.0 Å². The lowest BCUT2D eigenvalue weighted by Gasteiger charge is -2.23. The zero-order chi connectivity index (χ0) is 13.0. The molecule has 0 saturated heterocycles. The van der Waals surface area contributed by atoms with Gasteiger partial charge in [-0.05, 0) is 12.5 Å². The Labute approximate surface area is 101 Å². The zero-order valence-corrected chi connectivity index (χ0v) is 10.3. The van der Waals surface area contributed by atoms with Gasteiger partial charge in [0, 0.05) is 20.4 Å². The molecule has 0 aliphatic rings. The van der Waals surface area contributed by atoms with Crippen molar-refractivity contribution in [3.8, 4) is 0 Å². The van der Waals surface area contributed by atoms with Gasteiger partial charge in [0.05, 0.1) is 0 Å². The summed E-state index contributed by atoms with van der Waals surface area (Å²) in [6, 6.07) is 6.83. The molecule has 1 aromatic rings. The number of aliphatic carboxylic acids is 1. The van der Waals surface area contributed by atoms with Gasteiger partial charge in [0.25, 0.3) is 0 Å². The first-order valence-corrected chi connectivity index (χ1v) is 5.43. The van der Waals surface area contributed by atoms with Crippen molar-refractivity contribution in [1.29, 1.82) is 0 Å². The van der Waals surface area contributed by atoms with Crippen LogP contribution in [0.5, 0.6) is 0 Å². The summed E-state index contributed by atoms with van der Waals surface area (Å²) in [5, 5.41) is 9.11. The maximum atomic E-state index is 11.2. The highest BCUT2D eigenvalue weighted by molar-refractivity contribution is 5.82. The number of aryl methyl sites for hydroxylation is 1. The predicted octanol–water partition coefficient (Wildman–Crippen LogP) is 1.47. The van der Waals surface area contributed by atoms with E-state index < -0.39 is 12.0 Å². The second-order valence-electron chi connectivity index (χ2n) is 4.17. The molecule has 4 nitrogen and oxygen atoms in total. The topological polar surface area (TPSA) is 57.6 Å². The van der Waals surface area contributed by atoms with Crippen LogP contribution in [0.3, 0.4) is 0 Å². The highest BCUT2D eigenvalue weighted by Crippen LogP contribution is 2.10. The Balaban J connectivity index is 2.84. The molecule has 0 radical (unpaired) electrons. The maximum absolute atomic E-state index is 11.2. The first-order chi connectivity index (χ1) is 7.91. The fraction of sp³-hybridized carbons (Fsp3) is 0.385. The van der Waals surface area contributed by atoms with E-state index in [0.29, 0.717) is 6.42 Å². The molecular weight excluding hydrogens is 218 g/mol. The van der Waals surface area contributed by atoms with E-state index in [1.165, 1.54) is 18.9 Å². The summed E-state index contributed by atoms with van der Waals surface area (Å²) in [5.41, 5.74) is 2.04. The van der Waals surface area contributed by atoms with Gasteiger partial charge in [-0.3, -0.25) is 4.79 Å². The monoisotopic (exact) mass is 235 g/mol. The van der Waals surface area contributed by atoms with E-state index in [4.69, 9.17) is 5.11 Å². The lowest BCUT2D eigenvalue weighted by molar-refractivity contribution is -0.148. The fourth-order valence-electron chi connectivity index (χ4n) is 1.56. The first-order valence-electron chi connectivity index (χ1n) is 5.43. The van der Waals surface area contributed by atoms with Crippen molar-refractivity contribution in [2.24, 2.45) is 0 Å². The number of hydrogen-bond acceptors (Lipinski definition) is 2. The van der Waals surface area contributed by atoms with Gasteiger partial charge in [-0.2, -0.15) is 0 Å². The van der Waals surface area contributed by atoms with Gasteiger partial charge in [-0.15, -0.1) is 0 Å². The van der Waals surface area contributed by atoms with Gasteiger partial charge in [0.15, 0.2) is 0 Å². The standard InChI is InChI=1S/C13H17NO3/c1-9-4-6-11(7-5-9)8-12(13(16)17)14(3)10(2)15/h4-7,12H,8H2,1-3H3,(H,16,17)/t12-/m0/s1. The van der Waals surface area contributed by atoms with Crippen molar-refractivity contribution < 1.29 is 14.7 Å². The normalized spacial score (nSPS) is 11.9. The summed E-state index contributed by atoms with van der Waals surface area (Å²) in [4.78, 5) is 23.6. The van der Waals surface area contributed by atoms with Gasteiger partial charge in [0.2, 0.25) is 5.91 Å². The molecule has 92 valence electrons. The number of benzene rings is 1. The molecule has 1 aromatic carbocycles. The Morgan fingerprint density at radius 2 is 1.82 bits per heavy atom. The molecule has 0 aliphatic heterocycles. The number of carboxylic acid groups (broad SMARTS) is 1. The van der Waals surface area contributed by atoms with Crippen molar-refractivity contribution in [2.45, 2.75) is 26.3 Å². The number of carboxylic acids is 1. The van der Waals surface area contributed by atoms with Gasteiger partial charge in [-0.1, -0.05) is 29.8 Å². The molecule has 0 saturated carbocycles. The SMILES string of the molecule is CC(=O)N(C)[C@@H](Cc1ccc(C)cc1)C(=O)O. The van der Waals surface area contributed by atoms with E-state index in [9.17, 15) is 9.59 Å². The van der Waals surface area contributed by atoms with Gasteiger partial charge in [-0.25, -0.2) is 4.79 Å². The summed E-state index contributed by atoms with van der Waals surface area (Å²) in [6.45, 7) is 3.34. The van der Waals surface area contributed by atoms with Crippen molar-refractivity contribution in [3.05, 3.63) is 35.4 Å². The smallest absolute Gasteiger partial charge is 0.326 e. The zero-order valence-electron chi connectivity index (χ0n) is 10.3. The molecule has 4 heteroatoms. The number of amides is 1. The van der Waals surface area contributed by atoms with Gasteiger partial charge in [0.1, 0.15) is 6.04 Å². The molecule has 1 atom stereocenters. The molecule has 0 aliphatic carbocycles. The van der Waals surface area contributed by atoms with E-state index in [1.54, 1.807) is 0 Å². The summed E-state index contributed by atoms with van der Waals surface area (Å²) in [7, 11) is 1.51. The van der Waals surface area contributed by atoms with Crippen LogP contribution in [-0.4, -0.2) is 35.0 Å². The van der Waals surface area contributed by atoms with E-state index >= 15 is 0 Å². The number of likely N-dealkylation sites (N-methyl/N-ethyl adjacent to an activating group) is 1. The minimum atomic E-state index is -0.983. The summed E-state index contributed by atoms with van der Waals surface area (Å²) >= 11 is 0. The van der Waals surface area contributed by atoms with E-state index in [-0.39, 0.29) is 5.91 Å². The Hall–Kier alpha value is -1.84. The quantitative estimate of drug-likeness (QED) is 0.859. The van der Waals surface area contributed by atoms with Crippen molar-refractivity contribution in [3.63, 3.8) is 0 Å². The molecule has 1 N–H and O–H groups in total. The minimum absolute atomic E-state index is 0.246. The number of hydrogen-bond donors (Lipinski definition) is 1. The Bertz CT molecular complexity index is 411. The molecule has 17 heavy (non-hydrogen) atoms. The van der Waals surface area contributed by atoms with Crippen LogP contribution in [0.2, 0.25) is 0 Å². The largest absolute Gasteiger partial charge is 0.480 e. The highest BCUT2D eigenvalue weighted by atomic mass is 16.4. The lowest BCUT2D eigenvalue weighted by atomic mass is 10.0. The number of nitrogens with zero attached hydrogens (tertiary/aromatic N) is 1. The molecule has 0 spiro atoms. The lowest BCUT2D eigenvalue weighted by Crippen LogP contribution is -2.42. The van der Waals surface area contributed by atoms with Crippen LogP contribution < -0.4 is 0 Å². The molecule has 0 fully saturated rings. The molecule has 0 heterocycles. The third kappa shape index (κ3) is 3.59. The van der Waals surface area contributed by atoms with Crippen molar-refractivity contribution >= 4 is 11.9 Å². The molecule has 0 unspecified atom stereocenters. The Kier molecular flexibility index (Phi) is 4.26. The molecule has 0 aromatic heterocycles. The van der Waals surface area contributed by atoms with Crippen LogP contribution >= 0.6 is 0 Å². The van der Waals surface area contributed by atoms with Crippen LogP contribution in [0, 0.1) is 6.92 Å². The van der Waals surface area contributed by atoms with Crippen molar-refractivity contribution in [1.82, 2.24) is 4.90 Å². The Morgan fingerprint density at radius 3 is 2.24 bits per heavy atom. The molecule has 1 amide bonds. The van der Waals surface area contributed by atoms with E-state index in [1.807, 2.05) is 31.2 Å². The summed E-state index contributed by atoms with van der Waals surface area (Å²) < 4.78 is 0. The second-order valence-corrected chi connectivity index (χ2v) is 4.17. The third-order valence-electron chi connectivity index (χ3n) is 2.80. The molecular formula is C13H17NO3. The van der Waals surface area contributed by atoms with Gasteiger partial charge < -0.3 is 10.0 Å². The number of rotatable bonds is 4. The second kappa shape index (κ2) is 5.48. The van der Waals surface area contributed by atoms with E-state index in [2.05, 4.69) is 0 Å². The third-order valence-corrected chi connectivity index (χ3v) is 2.80. The highest BCUT2D eigenvalue weighted by Gasteiger charge is 2.24. The minimum Gasteiger partial charge on any atom is -0.480 e. The summed E-state index contributed by atoms with van der Waals surface area (Å²) in [6.07, 6.45) is 0.325. The predicted molar refractivity (Wildman–Crippen MR) is 64.8 cm³/mol. The first kappa shape index (κ1) is 13.2. The molecule has 0 bridgehead atoms.